The first-order valence-electron chi connectivity index (χ1n) is 7.37. The topological polar surface area (TPSA) is 93.5 Å². The van der Waals surface area contributed by atoms with Gasteiger partial charge in [0.1, 0.15) is 11.8 Å². The Balaban J connectivity index is 2.11. The van der Waals surface area contributed by atoms with Gasteiger partial charge in [-0.1, -0.05) is 17.7 Å². The standard InChI is InChI=1S/C17H19N3O4/c1-11-4-6-13(7-5-11)18-12(2)17(21)19-15-10-14(20(22)23)8-9-16(15)24-3/h4-10,12,18H,1-3H3,(H,19,21). The van der Waals surface area contributed by atoms with Crippen molar-refractivity contribution in [2.24, 2.45) is 0 Å². The molecule has 0 aromatic heterocycles. The summed E-state index contributed by atoms with van der Waals surface area (Å²) in [6.07, 6.45) is 0. The lowest BCUT2D eigenvalue weighted by Crippen LogP contribution is -2.32. The van der Waals surface area contributed by atoms with E-state index >= 15 is 0 Å². The molecule has 0 radical (unpaired) electrons. The molecule has 1 amide bonds. The molecule has 0 aliphatic heterocycles. The number of aryl methyl sites for hydroxylation is 1. The van der Waals surface area contributed by atoms with E-state index in [2.05, 4.69) is 10.6 Å². The van der Waals surface area contributed by atoms with Crippen molar-refractivity contribution in [3.63, 3.8) is 0 Å². The van der Waals surface area contributed by atoms with Crippen LogP contribution in [-0.4, -0.2) is 24.0 Å². The third kappa shape index (κ3) is 4.22. The molecule has 0 aliphatic carbocycles. The first-order valence-corrected chi connectivity index (χ1v) is 7.37. The highest BCUT2D eigenvalue weighted by molar-refractivity contribution is 5.97. The summed E-state index contributed by atoms with van der Waals surface area (Å²) in [5.74, 6) is 0.0332. The van der Waals surface area contributed by atoms with Gasteiger partial charge in [-0.05, 0) is 32.0 Å². The van der Waals surface area contributed by atoms with Crippen molar-refractivity contribution in [1.82, 2.24) is 0 Å². The number of anilines is 2. The molecule has 0 aliphatic rings. The van der Waals surface area contributed by atoms with E-state index in [4.69, 9.17) is 4.74 Å². The van der Waals surface area contributed by atoms with E-state index in [9.17, 15) is 14.9 Å². The predicted molar refractivity (Wildman–Crippen MR) is 92.5 cm³/mol. The number of ether oxygens (including phenoxy) is 1. The molecule has 2 N–H and O–H groups in total. The maximum absolute atomic E-state index is 12.3. The molecule has 1 atom stereocenters. The van der Waals surface area contributed by atoms with Crippen LogP contribution in [0.25, 0.3) is 0 Å². The molecule has 0 spiro atoms. The van der Waals surface area contributed by atoms with Crippen LogP contribution in [0.15, 0.2) is 42.5 Å². The van der Waals surface area contributed by atoms with E-state index in [-0.39, 0.29) is 17.3 Å². The average Bonchev–Trinajstić information content (AvgIpc) is 2.56. The van der Waals surface area contributed by atoms with Crippen LogP contribution < -0.4 is 15.4 Å². The maximum Gasteiger partial charge on any atom is 0.271 e. The fourth-order valence-corrected chi connectivity index (χ4v) is 2.11. The average molecular weight is 329 g/mol. The van der Waals surface area contributed by atoms with Crippen LogP contribution in [0, 0.1) is 17.0 Å². The number of carbonyl (C=O) groups is 1. The van der Waals surface area contributed by atoms with Gasteiger partial charge in [-0.15, -0.1) is 0 Å². The molecule has 0 saturated heterocycles. The molecular weight excluding hydrogens is 310 g/mol. The second-order valence-corrected chi connectivity index (χ2v) is 5.36. The molecule has 2 aromatic rings. The van der Waals surface area contributed by atoms with Gasteiger partial charge in [0, 0.05) is 17.8 Å². The Morgan fingerprint density at radius 3 is 2.46 bits per heavy atom. The number of hydrogen-bond acceptors (Lipinski definition) is 5. The largest absolute Gasteiger partial charge is 0.495 e. The van der Waals surface area contributed by atoms with Crippen molar-refractivity contribution in [3.05, 3.63) is 58.1 Å². The van der Waals surface area contributed by atoms with Gasteiger partial charge in [-0.25, -0.2) is 0 Å². The summed E-state index contributed by atoms with van der Waals surface area (Å²) < 4.78 is 5.13. The summed E-state index contributed by atoms with van der Waals surface area (Å²) in [5.41, 5.74) is 2.08. The summed E-state index contributed by atoms with van der Waals surface area (Å²) in [4.78, 5) is 22.7. The number of nitrogens with zero attached hydrogens (tertiary/aromatic N) is 1. The van der Waals surface area contributed by atoms with E-state index in [1.807, 2.05) is 31.2 Å². The minimum absolute atomic E-state index is 0.120. The molecule has 7 nitrogen and oxygen atoms in total. The van der Waals surface area contributed by atoms with E-state index in [1.165, 1.54) is 25.3 Å². The van der Waals surface area contributed by atoms with Crippen molar-refractivity contribution in [2.45, 2.75) is 19.9 Å². The summed E-state index contributed by atoms with van der Waals surface area (Å²) in [6, 6.07) is 11.2. The number of amides is 1. The number of hydrogen-bond donors (Lipinski definition) is 2. The third-order valence-corrected chi connectivity index (χ3v) is 3.48. The zero-order chi connectivity index (χ0) is 17.7. The van der Waals surface area contributed by atoms with Crippen molar-refractivity contribution in [1.29, 1.82) is 0 Å². The second kappa shape index (κ2) is 7.45. The highest BCUT2D eigenvalue weighted by Crippen LogP contribution is 2.29. The maximum atomic E-state index is 12.3. The number of methoxy groups -OCH3 is 1. The Kier molecular flexibility index (Phi) is 5.36. The number of non-ortho nitro benzene ring substituents is 1. The Morgan fingerprint density at radius 2 is 1.88 bits per heavy atom. The first-order chi connectivity index (χ1) is 11.4. The van der Waals surface area contributed by atoms with Gasteiger partial charge in [0.05, 0.1) is 17.7 Å². The molecule has 126 valence electrons. The highest BCUT2D eigenvalue weighted by atomic mass is 16.6. The van der Waals surface area contributed by atoms with Gasteiger partial charge in [-0.2, -0.15) is 0 Å². The van der Waals surface area contributed by atoms with E-state index < -0.39 is 11.0 Å². The van der Waals surface area contributed by atoms with Crippen molar-refractivity contribution in [3.8, 4) is 5.75 Å². The Bertz CT molecular complexity index is 744. The van der Waals surface area contributed by atoms with Crippen LogP contribution >= 0.6 is 0 Å². The molecule has 0 heterocycles. The molecule has 7 heteroatoms. The van der Waals surface area contributed by atoms with Gasteiger partial charge < -0.3 is 15.4 Å². The van der Waals surface area contributed by atoms with Crippen LogP contribution in [0.1, 0.15) is 12.5 Å². The minimum atomic E-state index is -0.531. The smallest absolute Gasteiger partial charge is 0.271 e. The van der Waals surface area contributed by atoms with Crippen molar-refractivity contribution in [2.75, 3.05) is 17.7 Å². The molecule has 0 fully saturated rings. The van der Waals surface area contributed by atoms with Gasteiger partial charge >= 0.3 is 0 Å². The van der Waals surface area contributed by atoms with Crippen molar-refractivity contribution >= 4 is 23.0 Å². The SMILES string of the molecule is COc1ccc([N+](=O)[O-])cc1NC(=O)C(C)Nc1ccc(C)cc1. The van der Waals surface area contributed by atoms with E-state index in [0.29, 0.717) is 5.75 Å². The monoisotopic (exact) mass is 329 g/mol. The lowest BCUT2D eigenvalue weighted by molar-refractivity contribution is -0.384. The van der Waals surface area contributed by atoms with Gasteiger partial charge in [-0.3, -0.25) is 14.9 Å². The summed E-state index contributed by atoms with van der Waals surface area (Å²) in [6.45, 7) is 3.69. The molecule has 0 bridgehead atoms. The number of benzene rings is 2. The van der Waals surface area contributed by atoms with Crippen LogP contribution in [0.2, 0.25) is 0 Å². The zero-order valence-electron chi connectivity index (χ0n) is 13.7. The fraction of sp³-hybridized carbons (Fsp3) is 0.235. The summed E-state index contributed by atoms with van der Waals surface area (Å²) in [5, 5.41) is 16.6. The number of nitro benzene ring substituents is 1. The number of nitrogens with one attached hydrogen (secondary N) is 2. The summed E-state index contributed by atoms with van der Waals surface area (Å²) >= 11 is 0. The number of nitro groups is 1. The Labute approximate surface area is 139 Å². The molecule has 2 rings (SSSR count). The zero-order valence-corrected chi connectivity index (χ0v) is 13.7. The first kappa shape index (κ1) is 17.3. The van der Waals surface area contributed by atoms with E-state index in [0.717, 1.165) is 11.3 Å². The van der Waals surface area contributed by atoms with Crippen LogP contribution in [-0.2, 0) is 4.79 Å². The van der Waals surface area contributed by atoms with Crippen LogP contribution in [0.5, 0.6) is 5.75 Å². The Hall–Kier alpha value is -3.09. The van der Waals surface area contributed by atoms with Crippen LogP contribution in [0.3, 0.4) is 0 Å². The van der Waals surface area contributed by atoms with Gasteiger partial charge in [0.2, 0.25) is 5.91 Å². The quantitative estimate of drug-likeness (QED) is 0.626. The molecular formula is C17H19N3O4. The minimum Gasteiger partial charge on any atom is -0.495 e. The number of carbonyl (C=O) groups excluding carboxylic acids is 1. The number of rotatable bonds is 6. The molecule has 1 unspecified atom stereocenters. The molecule has 0 saturated carbocycles. The third-order valence-electron chi connectivity index (χ3n) is 3.48. The van der Waals surface area contributed by atoms with Crippen LogP contribution in [0.4, 0.5) is 17.1 Å². The second-order valence-electron chi connectivity index (χ2n) is 5.36. The Morgan fingerprint density at radius 1 is 1.21 bits per heavy atom. The van der Waals surface area contributed by atoms with Gasteiger partial charge in [0.15, 0.2) is 0 Å². The summed E-state index contributed by atoms with van der Waals surface area (Å²) in [7, 11) is 1.44. The highest BCUT2D eigenvalue weighted by Gasteiger charge is 2.17. The fourth-order valence-electron chi connectivity index (χ4n) is 2.11. The van der Waals surface area contributed by atoms with Gasteiger partial charge in [0.25, 0.3) is 5.69 Å². The normalized spacial score (nSPS) is 11.5. The molecule has 2 aromatic carbocycles. The lowest BCUT2D eigenvalue weighted by Gasteiger charge is -2.16. The lowest BCUT2D eigenvalue weighted by atomic mass is 10.2. The predicted octanol–water partition coefficient (Wildman–Crippen LogP) is 3.35. The van der Waals surface area contributed by atoms with Crippen molar-refractivity contribution < 1.29 is 14.5 Å². The molecule has 24 heavy (non-hydrogen) atoms. The van der Waals surface area contributed by atoms with E-state index in [1.54, 1.807) is 6.92 Å².